The first-order valence-electron chi connectivity index (χ1n) is 12.6. The van der Waals surface area contributed by atoms with Crippen LogP contribution < -0.4 is 15.5 Å². The number of nitrogens with zero attached hydrogens (tertiary/aromatic N) is 1. The van der Waals surface area contributed by atoms with Gasteiger partial charge in [-0.2, -0.15) is 0 Å². The number of para-hydroxylation sites is 3. The molecule has 0 atom stereocenters. The quantitative estimate of drug-likeness (QED) is 0.247. The van der Waals surface area contributed by atoms with Crippen molar-refractivity contribution in [3.05, 3.63) is 143 Å². The first-order valence-corrected chi connectivity index (χ1v) is 13.0. The summed E-state index contributed by atoms with van der Waals surface area (Å²) in [4.78, 5) is 28.8. The van der Waals surface area contributed by atoms with Crippen LogP contribution >= 0.6 is 11.6 Å². The van der Waals surface area contributed by atoms with Crippen LogP contribution in [0.15, 0.2) is 121 Å². The number of fused-ring (bicyclic) bond motifs is 2. The summed E-state index contributed by atoms with van der Waals surface area (Å²) in [6.45, 7) is 0.408. The van der Waals surface area contributed by atoms with Crippen LogP contribution in [0.4, 0.5) is 22.7 Å². The third-order valence-electron chi connectivity index (χ3n) is 6.78. The summed E-state index contributed by atoms with van der Waals surface area (Å²) in [5.74, 6) is -0.463. The van der Waals surface area contributed by atoms with Crippen LogP contribution in [0.5, 0.6) is 0 Å². The van der Waals surface area contributed by atoms with Gasteiger partial charge in [-0.1, -0.05) is 90.5 Å². The van der Waals surface area contributed by atoms with Crippen LogP contribution in [-0.2, 0) is 6.54 Å². The predicted molar refractivity (Wildman–Crippen MR) is 158 cm³/mol. The lowest BCUT2D eigenvalue weighted by Gasteiger charge is -2.23. The Morgan fingerprint density at radius 1 is 0.744 bits per heavy atom. The highest BCUT2D eigenvalue weighted by molar-refractivity contribution is 6.34. The zero-order valence-corrected chi connectivity index (χ0v) is 21.7. The number of rotatable bonds is 4. The van der Waals surface area contributed by atoms with Gasteiger partial charge in [-0.3, -0.25) is 9.59 Å². The number of benzene rings is 5. The first-order chi connectivity index (χ1) is 19.1. The standard InChI is InChI=1S/C33H24ClN3O2/c34-27-20-23(33(39)37-21-24-12-4-7-15-28(24)35-30-16-8-9-17-31(30)37)18-19-29(27)36-32(38)26-14-6-5-13-25(26)22-10-2-1-3-11-22/h1-20,35H,21H2,(H,36,38). The Balaban J connectivity index is 1.28. The monoisotopic (exact) mass is 529 g/mol. The molecule has 0 aromatic heterocycles. The molecule has 0 saturated carbocycles. The van der Waals surface area contributed by atoms with Crippen molar-refractivity contribution in [3.8, 4) is 11.1 Å². The zero-order chi connectivity index (χ0) is 26.8. The van der Waals surface area contributed by atoms with Crippen molar-refractivity contribution in [2.75, 3.05) is 15.5 Å². The van der Waals surface area contributed by atoms with Crippen molar-refractivity contribution < 1.29 is 9.59 Å². The van der Waals surface area contributed by atoms with Crippen LogP contribution in [0.2, 0.25) is 5.02 Å². The minimum Gasteiger partial charge on any atom is -0.354 e. The van der Waals surface area contributed by atoms with E-state index in [2.05, 4.69) is 10.6 Å². The van der Waals surface area contributed by atoms with Gasteiger partial charge in [-0.25, -0.2) is 0 Å². The first kappa shape index (κ1) is 24.5. The fraction of sp³-hybridized carbons (Fsp3) is 0.0303. The number of amides is 2. The average molecular weight is 530 g/mol. The molecule has 0 bridgehead atoms. The van der Waals surface area contributed by atoms with Crippen molar-refractivity contribution in [1.29, 1.82) is 0 Å². The van der Waals surface area contributed by atoms with Crippen molar-refractivity contribution in [1.82, 2.24) is 0 Å². The Kier molecular flexibility index (Phi) is 6.57. The molecular weight excluding hydrogens is 506 g/mol. The normalized spacial score (nSPS) is 12.0. The van der Waals surface area contributed by atoms with E-state index in [1.165, 1.54) is 0 Å². The maximum absolute atomic E-state index is 13.8. The molecular formula is C33H24ClN3O2. The van der Waals surface area contributed by atoms with E-state index in [0.717, 1.165) is 33.8 Å². The van der Waals surface area contributed by atoms with E-state index in [4.69, 9.17) is 11.6 Å². The Morgan fingerprint density at radius 2 is 1.44 bits per heavy atom. The number of hydrogen-bond acceptors (Lipinski definition) is 3. The van der Waals surface area contributed by atoms with Crippen LogP contribution in [0.3, 0.4) is 0 Å². The van der Waals surface area contributed by atoms with Gasteiger partial charge in [0.1, 0.15) is 0 Å². The lowest BCUT2D eigenvalue weighted by atomic mass is 9.99. The fourth-order valence-corrected chi connectivity index (χ4v) is 5.05. The number of anilines is 4. The molecule has 0 spiro atoms. The second kappa shape index (κ2) is 10.5. The number of carbonyl (C=O) groups excluding carboxylic acids is 2. The molecule has 0 saturated heterocycles. The van der Waals surface area contributed by atoms with Gasteiger partial charge in [-0.05, 0) is 59.2 Å². The zero-order valence-electron chi connectivity index (χ0n) is 20.9. The number of halogens is 1. The molecule has 6 rings (SSSR count). The molecule has 0 radical (unpaired) electrons. The lowest BCUT2D eigenvalue weighted by Crippen LogP contribution is -2.30. The van der Waals surface area contributed by atoms with Crippen molar-refractivity contribution in [2.45, 2.75) is 6.54 Å². The Morgan fingerprint density at radius 3 is 2.26 bits per heavy atom. The van der Waals surface area contributed by atoms with Crippen LogP contribution in [0.1, 0.15) is 26.3 Å². The van der Waals surface area contributed by atoms with Gasteiger partial charge in [-0.15, -0.1) is 0 Å². The van der Waals surface area contributed by atoms with Crippen molar-refractivity contribution in [3.63, 3.8) is 0 Å². The molecule has 0 unspecified atom stereocenters. The van der Waals surface area contributed by atoms with E-state index in [1.807, 2.05) is 97.1 Å². The summed E-state index contributed by atoms with van der Waals surface area (Å²) < 4.78 is 0. The Bertz CT molecular complexity index is 1700. The summed E-state index contributed by atoms with van der Waals surface area (Å²) in [6, 6.07) is 37.8. The summed E-state index contributed by atoms with van der Waals surface area (Å²) in [5, 5.41) is 6.65. The molecule has 5 aromatic rings. The summed E-state index contributed by atoms with van der Waals surface area (Å²) in [6.07, 6.45) is 0. The molecule has 0 fully saturated rings. The van der Waals surface area contributed by atoms with Crippen molar-refractivity contribution >= 4 is 46.2 Å². The van der Waals surface area contributed by atoms with Crippen LogP contribution in [0.25, 0.3) is 11.1 Å². The van der Waals surface area contributed by atoms with Gasteiger partial charge in [0.2, 0.25) is 0 Å². The SMILES string of the molecule is O=C(Nc1ccc(C(=O)N2Cc3ccccc3Nc3ccccc32)cc1Cl)c1ccccc1-c1ccccc1. The van der Waals surface area contributed by atoms with E-state index in [-0.39, 0.29) is 16.8 Å². The van der Waals surface area contributed by atoms with Gasteiger partial charge >= 0.3 is 0 Å². The molecule has 190 valence electrons. The molecule has 6 heteroatoms. The second-order valence-electron chi connectivity index (χ2n) is 9.25. The van der Waals surface area contributed by atoms with Gasteiger partial charge in [0.05, 0.1) is 28.6 Å². The second-order valence-corrected chi connectivity index (χ2v) is 9.66. The van der Waals surface area contributed by atoms with E-state index >= 15 is 0 Å². The van der Waals surface area contributed by atoms with Gasteiger partial charge < -0.3 is 15.5 Å². The molecule has 0 aliphatic carbocycles. The molecule has 1 heterocycles. The molecule has 5 nitrogen and oxygen atoms in total. The summed E-state index contributed by atoms with van der Waals surface area (Å²) in [5.41, 5.74) is 6.78. The summed E-state index contributed by atoms with van der Waals surface area (Å²) >= 11 is 6.62. The molecule has 39 heavy (non-hydrogen) atoms. The molecule has 2 amide bonds. The highest BCUT2D eigenvalue weighted by atomic mass is 35.5. The molecule has 1 aliphatic rings. The third kappa shape index (κ3) is 4.88. The summed E-state index contributed by atoms with van der Waals surface area (Å²) in [7, 11) is 0. The minimum atomic E-state index is -0.278. The molecule has 2 N–H and O–H groups in total. The van der Waals surface area contributed by atoms with E-state index < -0.39 is 0 Å². The Labute approximate surface area is 231 Å². The van der Waals surface area contributed by atoms with Gasteiger partial charge in [0, 0.05) is 16.8 Å². The van der Waals surface area contributed by atoms with E-state index in [1.54, 1.807) is 29.2 Å². The van der Waals surface area contributed by atoms with Gasteiger partial charge in [0.15, 0.2) is 0 Å². The average Bonchev–Trinajstić information content (AvgIpc) is 3.15. The number of carbonyl (C=O) groups is 2. The fourth-order valence-electron chi connectivity index (χ4n) is 4.82. The lowest BCUT2D eigenvalue weighted by molar-refractivity contribution is 0.0984. The minimum absolute atomic E-state index is 0.185. The highest BCUT2D eigenvalue weighted by Gasteiger charge is 2.25. The third-order valence-corrected chi connectivity index (χ3v) is 7.09. The van der Waals surface area contributed by atoms with Crippen molar-refractivity contribution in [2.24, 2.45) is 0 Å². The number of hydrogen-bond donors (Lipinski definition) is 2. The van der Waals surface area contributed by atoms with Crippen LogP contribution in [-0.4, -0.2) is 11.8 Å². The van der Waals surface area contributed by atoms with E-state index in [9.17, 15) is 9.59 Å². The smallest absolute Gasteiger partial charge is 0.258 e. The molecule has 5 aromatic carbocycles. The highest BCUT2D eigenvalue weighted by Crippen LogP contribution is 2.37. The number of nitrogens with one attached hydrogen (secondary N) is 2. The maximum atomic E-state index is 13.8. The maximum Gasteiger partial charge on any atom is 0.258 e. The Hall–Kier alpha value is -4.87. The predicted octanol–water partition coefficient (Wildman–Crippen LogP) is 8.16. The van der Waals surface area contributed by atoms with Crippen LogP contribution in [0, 0.1) is 0 Å². The van der Waals surface area contributed by atoms with E-state index in [0.29, 0.717) is 23.4 Å². The van der Waals surface area contributed by atoms with Gasteiger partial charge in [0.25, 0.3) is 11.8 Å². The topological polar surface area (TPSA) is 61.4 Å². The molecule has 1 aliphatic heterocycles. The largest absolute Gasteiger partial charge is 0.354 e.